The standard InChI is InChI=1S/C16H21N5O5S/c1-11-16(12(2)26-18-11)10-19-3-5-20(6-4-19)13-7-14(21(22)23)9-15(8-13)27(17,24)25/h7-9H,3-6,10H2,1-2H3,(H2,17,24,25). The zero-order chi connectivity index (χ0) is 19.8. The van der Waals surface area contributed by atoms with Crippen LogP contribution in [0.3, 0.4) is 0 Å². The largest absolute Gasteiger partial charge is 0.369 e. The van der Waals surface area contributed by atoms with Crippen LogP contribution in [0, 0.1) is 24.0 Å². The van der Waals surface area contributed by atoms with Gasteiger partial charge in [-0.2, -0.15) is 0 Å². The highest BCUT2D eigenvalue weighted by Crippen LogP contribution is 2.27. The molecule has 1 aromatic carbocycles. The van der Waals surface area contributed by atoms with Gasteiger partial charge < -0.3 is 9.42 Å². The van der Waals surface area contributed by atoms with Gasteiger partial charge in [-0.15, -0.1) is 0 Å². The van der Waals surface area contributed by atoms with E-state index in [0.29, 0.717) is 25.3 Å². The van der Waals surface area contributed by atoms with E-state index in [1.807, 2.05) is 18.7 Å². The maximum absolute atomic E-state index is 11.6. The Morgan fingerprint density at radius 3 is 2.41 bits per heavy atom. The van der Waals surface area contributed by atoms with E-state index in [1.165, 1.54) is 12.1 Å². The minimum Gasteiger partial charge on any atom is -0.369 e. The van der Waals surface area contributed by atoms with Gasteiger partial charge >= 0.3 is 0 Å². The second-order valence-electron chi connectivity index (χ2n) is 6.55. The number of anilines is 1. The molecule has 1 saturated heterocycles. The Hall–Kier alpha value is -2.50. The van der Waals surface area contributed by atoms with Crippen molar-refractivity contribution in [2.45, 2.75) is 25.3 Å². The number of nitro benzene ring substituents is 1. The van der Waals surface area contributed by atoms with Crippen LogP contribution in [0.5, 0.6) is 0 Å². The monoisotopic (exact) mass is 395 g/mol. The second-order valence-corrected chi connectivity index (χ2v) is 8.11. The average molecular weight is 395 g/mol. The van der Waals surface area contributed by atoms with E-state index in [1.54, 1.807) is 0 Å². The fraction of sp³-hybridized carbons (Fsp3) is 0.438. The van der Waals surface area contributed by atoms with Gasteiger partial charge in [0, 0.05) is 56.1 Å². The molecule has 0 aliphatic carbocycles. The molecule has 2 heterocycles. The number of hydrogen-bond donors (Lipinski definition) is 1. The summed E-state index contributed by atoms with van der Waals surface area (Å²) in [7, 11) is -4.03. The van der Waals surface area contributed by atoms with Crippen molar-refractivity contribution in [3.8, 4) is 0 Å². The smallest absolute Gasteiger partial charge is 0.272 e. The third-order valence-electron chi connectivity index (χ3n) is 4.72. The Kier molecular flexibility index (Phi) is 5.18. The summed E-state index contributed by atoms with van der Waals surface area (Å²) in [5.41, 5.74) is 2.11. The van der Waals surface area contributed by atoms with Crippen molar-refractivity contribution < 1.29 is 17.9 Å². The number of nitrogens with two attached hydrogens (primary N) is 1. The molecule has 11 heteroatoms. The average Bonchev–Trinajstić information content (AvgIpc) is 2.93. The number of hydrogen-bond acceptors (Lipinski definition) is 8. The summed E-state index contributed by atoms with van der Waals surface area (Å²) in [4.78, 5) is 14.4. The highest BCUT2D eigenvalue weighted by atomic mass is 32.2. The first-order valence-corrected chi connectivity index (χ1v) is 9.91. The van der Waals surface area contributed by atoms with Crippen LogP contribution in [-0.2, 0) is 16.6 Å². The van der Waals surface area contributed by atoms with Gasteiger partial charge in [-0.3, -0.25) is 15.0 Å². The normalized spacial score (nSPS) is 15.9. The molecule has 0 bridgehead atoms. The Labute approximate surface area is 156 Å². The molecule has 0 amide bonds. The predicted molar refractivity (Wildman–Crippen MR) is 97.9 cm³/mol. The van der Waals surface area contributed by atoms with Crippen molar-refractivity contribution in [2.75, 3.05) is 31.1 Å². The number of primary sulfonamides is 1. The first-order chi connectivity index (χ1) is 12.6. The molecule has 2 N–H and O–H groups in total. The quantitative estimate of drug-likeness (QED) is 0.588. The molecule has 1 aliphatic rings. The topological polar surface area (TPSA) is 136 Å². The highest BCUT2D eigenvalue weighted by Gasteiger charge is 2.23. The van der Waals surface area contributed by atoms with Gasteiger partial charge in [0.2, 0.25) is 10.0 Å². The molecular weight excluding hydrogens is 374 g/mol. The molecular formula is C16H21N5O5S. The van der Waals surface area contributed by atoms with Crippen LogP contribution in [-0.4, -0.2) is 49.6 Å². The Morgan fingerprint density at radius 2 is 1.89 bits per heavy atom. The molecule has 0 unspecified atom stereocenters. The maximum Gasteiger partial charge on any atom is 0.272 e. The van der Waals surface area contributed by atoms with E-state index in [0.717, 1.165) is 36.2 Å². The van der Waals surface area contributed by atoms with Gasteiger partial charge in [-0.05, 0) is 19.9 Å². The number of rotatable bonds is 5. The van der Waals surface area contributed by atoms with Crippen molar-refractivity contribution in [3.05, 3.63) is 45.3 Å². The lowest BCUT2D eigenvalue weighted by Gasteiger charge is -2.36. The zero-order valence-corrected chi connectivity index (χ0v) is 15.9. The lowest BCUT2D eigenvalue weighted by Crippen LogP contribution is -2.46. The second kappa shape index (κ2) is 7.25. The lowest BCUT2D eigenvalue weighted by atomic mass is 10.1. The number of sulfonamides is 1. The van der Waals surface area contributed by atoms with Gasteiger partial charge in [0.25, 0.3) is 5.69 Å². The van der Waals surface area contributed by atoms with E-state index in [2.05, 4.69) is 10.1 Å². The molecule has 10 nitrogen and oxygen atoms in total. The molecule has 27 heavy (non-hydrogen) atoms. The predicted octanol–water partition coefficient (Wildman–Crippen LogP) is 1.17. The van der Waals surface area contributed by atoms with Crippen molar-refractivity contribution >= 4 is 21.4 Å². The molecule has 146 valence electrons. The van der Waals surface area contributed by atoms with Gasteiger partial charge in [0.05, 0.1) is 15.5 Å². The van der Waals surface area contributed by atoms with E-state index < -0.39 is 14.9 Å². The number of non-ortho nitro benzene ring substituents is 1. The first-order valence-electron chi connectivity index (χ1n) is 8.36. The van der Waals surface area contributed by atoms with Crippen LogP contribution in [0.1, 0.15) is 17.0 Å². The summed E-state index contributed by atoms with van der Waals surface area (Å²) in [6.45, 7) is 7.15. The lowest BCUT2D eigenvalue weighted by molar-refractivity contribution is -0.385. The van der Waals surface area contributed by atoms with Gasteiger partial charge in [-0.1, -0.05) is 5.16 Å². The number of aryl methyl sites for hydroxylation is 2. The zero-order valence-electron chi connectivity index (χ0n) is 15.1. The molecule has 1 aliphatic heterocycles. The van der Waals surface area contributed by atoms with Gasteiger partial charge in [0.15, 0.2) is 0 Å². The van der Waals surface area contributed by atoms with Gasteiger partial charge in [0.1, 0.15) is 5.76 Å². The van der Waals surface area contributed by atoms with Crippen molar-refractivity contribution in [3.63, 3.8) is 0 Å². The first kappa shape index (κ1) is 19.3. The third-order valence-corrected chi connectivity index (χ3v) is 5.61. The summed E-state index contributed by atoms with van der Waals surface area (Å²) in [5.74, 6) is 0.798. The SMILES string of the molecule is Cc1noc(C)c1CN1CCN(c2cc([N+](=O)[O-])cc(S(N)(=O)=O)c2)CC1. The Balaban J connectivity index is 1.76. The van der Waals surface area contributed by atoms with E-state index in [4.69, 9.17) is 9.66 Å². The fourth-order valence-corrected chi connectivity index (χ4v) is 3.71. The Bertz CT molecular complexity index is 944. The number of aromatic nitrogens is 1. The summed E-state index contributed by atoms with van der Waals surface area (Å²) < 4.78 is 28.5. The number of nitrogens with zero attached hydrogens (tertiary/aromatic N) is 4. The van der Waals surface area contributed by atoms with Crippen LogP contribution in [0.15, 0.2) is 27.6 Å². The highest BCUT2D eigenvalue weighted by molar-refractivity contribution is 7.89. The van der Waals surface area contributed by atoms with Crippen LogP contribution in [0.25, 0.3) is 0 Å². The molecule has 0 spiro atoms. The molecule has 0 radical (unpaired) electrons. The molecule has 1 fully saturated rings. The van der Waals surface area contributed by atoms with E-state index in [-0.39, 0.29) is 10.6 Å². The minimum atomic E-state index is -4.03. The summed E-state index contributed by atoms with van der Waals surface area (Å²) >= 11 is 0. The minimum absolute atomic E-state index is 0.259. The number of piperazine rings is 1. The van der Waals surface area contributed by atoms with Crippen LogP contribution in [0.2, 0.25) is 0 Å². The van der Waals surface area contributed by atoms with Crippen LogP contribution < -0.4 is 10.0 Å². The number of benzene rings is 1. The van der Waals surface area contributed by atoms with E-state index in [9.17, 15) is 18.5 Å². The summed E-state index contributed by atoms with van der Waals surface area (Å²) in [5, 5.41) is 20.3. The van der Waals surface area contributed by atoms with Crippen molar-refractivity contribution in [1.82, 2.24) is 10.1 Å². The molecule has 3 rings (SSSR count). The Morgan fingerprint density at radius 1 is 1.22 bits per heavy atom. The molecule has 2 aromatic rings. The number of nitro groups is 1. The van der Waals surface area contributed by atoms with Crippen LogP contribution in [0.4, 0.5) is 11.4 Å². The summed E-state index contributed by atoms with van der Waals surface area (Å²) in [6.07, 6.45) is 0. The molecule has 0 atom stereocenters. The molecule has 0 saturated carbocycles. The van der Waals surface area contributed by atoms with Crippen LogP contribution >= 0.6 is 0 Å². The molecule has 1 aromatic heterocycles. The summed E-state index contributed by atoms with van der Waals surface area (Å²) in [6, 6.07) is 3.73. The third kappa shape index (κ3) is 4.26. The van der Waals surface area contributed by atoms with E-state index >= 15 is 0 Å². The van der Waals surface area contributed by atoms with Crippen molar-refractivity contribution in [1.29, 1.82) is 0 Å². The van der Waals surface area contributed by atoms with Gasteiger partial charge in [-0.25, -0.2) is 13.6 Å². The fourth-order valence-electron chi connectivity index (χ4n) is 3.14. The maximum atomic E-state index is 11.6. The van der Waals surface area contributed by atoms with Crippen molar-refractivity contribution in [2.24, 2.45) is 5.14 Å².